The molecule has 0 atom stereocenters. The fourth-order valence-corrected chi connectivity index (χ4v) is 5.54. The number of piperidine rings is 1. The van der Waals surface area contributed by atoms with Gasteiger partial charge in [0.05, 0.1) is 23.7 Å². The van der Waals surface area contributed by atoms with Crippen LogP contribution >= 0.6 is 11.6 Å². The molecule has 2 aromatic heterocycles. The monoisotopic (exact) mass is 516 g/mol. The highest BCUT2D eigenvalue weighted by molar-refractivity contribution is 7.83. The Balaban J connectivity index is 1.84. The van der Waals surface area contributed by atoms with Crippen molar-refractivity contribution in [3.05, 3.63) is 74.5 Å². The van der Waals surface area contributed by atoms with E-state index in [0.717, 1.165) is 8.87 Å². The normalized spacial score (nSPS) is 15.6. The Morgan fingerprint density at radius 2 is 1.80 bits per heavy atom. The van der Waals surface area contributed by atoms with Crippen LogP contribution in [0, 0.1) is 0 Å². The summed E-state index contributed by atoms with van der Waals surface area (Å²) in [5, 5.41) is 1.15. The molecular weight excluding hydrogens is 496 g/mol. The highest BCUT2D eigenvalue weighted by atomic mass is 35.5. The predicted octanol–water partition coefficient (Wildman–Crippen LogP) is 2.80. The van der Waals surface area contributed by atoms with Crippen molar-refractivity contribution < 1.29 is 17.7 Å². The first-order valence-corrected chi connectivity index (χ1v) is 12.6. The third-order valence-electron chi connectivity index (χ3n) is 6.30. The van der Waals surface area contributed by atoms with Crippen molar-refractivity contribution >= 4 is 43.7 Å². The van der Waals surface area contributed by atoms with Crippen LogP contribution in [0.1, 0.15) is 18.9 Å². The molecule has 0 radical (unpaired) electrons. The topological polar surface area (TPSA) is 124 Å². The number of hydrogen-bond donors (Lipinski definition) is 1. The summed E-state index contributed by atoms with van der Waals surface area (Å²) in [5.41, 5.74) is 0.0733. The van der Waals surface area contributed by atoms with Gasteiger partial charge in [-0.25, -0.2) is 9.36 Å². The quantitative estimate of drug-likeness (QED) is 0.326. The number of pyridine rings is 1. The molecule has 5 rings (SSSR count). The highest BCUT2D eigenvalue weighted by Crippen LogP contribution is 2.32. The van der Waals surface area contributed by atoms with Gasteiger partial charge in [0.1, 0.15) is 11.3 Å². The van der Waals surface area contributed by atoms with E-state index >= 15 is 0 Å². The SMILES string of the molecule is COc1cccc2c1ncc1c(=O)n(-c3cccc(Cl)c3)c(=O)n(C3CCN(S(=O)(=O)O)CC3)c12. The number of methoxy groups -OCH3 is 1. The van der Waals surface area contributed by atoms with Crippen molar-refractivity contribution in [1.82, 2.24) is 18.4 Å². The van der Waals surface area contributed by atoms with Crippen molar-refractivity contribution in [2.45, 2.75) is 18.9 Å². The maximum absolute atomic E-state index is 13.9. The molecule has 182 valence electrons. The Kier molecular flexibility index (Phi) is 5.88. The molecule has 0 spiro atoms. The van der Waals surface area contributed by atoms with E-state index in [0.29, 0.717) is 32.9 Å². The summed E-state index contributed by atoms with van der Waals surface area (Å²) >= 11 is 6.14. The lowest BCUT2D eigenvalue weighted by Gasteiger charge is -2.31. The number of hydrogen-bond acceptors (Lipinski definition) is 6. The van der Waals surface area contributed by atoms with Gasteiger partial charge in [-0.15, -0.1) is 0 Å². The minimum absolute atomic E-state index is 0.0278. The van der Waals surface area contributed by atoms with Gasteiger partial charge in [0.25, 0.3) is 5.56 Å². The van der Waals surface area contributed by atoms with Crippen LogP contribution < -0.4 is 16.0 Å². The summed E-state index contributed by atoms with van der Waals surface area (Å²) in [6.07, 6.45) is 1.94. The van der Waals surface area contributed by atoms with Gasteiger partial charge in [0, 0.05) is 35.7 Å². The van der Waals surface area contributed by atoms with Gasteiger partial charge >= 0.3 is 16.0 Å². The Morgan fingerprint density at radius 1 is 1.09 bits per heavy atom. The Hall–Kier alpha value is -3.25. The zero-order valence-corrected chi connectivity index (χ0v) is 20.2. The average molecular weight is 517 g/mol. The lowest BCUT2D eigenvalue weighted by atomic mass is 10.0. The number of benzene rings is 2. The Morgan fingerprint density at radius 3 is 2.46 bits per heavy atom. The van der Waals surface area contributed by atoms with Gasteiger partial charge < -0.3 is 4.74 Å². The third kappa shape index (κ3) is 4.00. The van der Waals surface area contributed by atoms with Crippen molar-refractivity contribution in [3.8, 4) is 11.4 Å². The van der Waals surface area contributed by atoms with E-state index in [1.165, 1.54) is 23.9 Å². The smallest absolute Gasteiger partial charge is 0.336 e. The number of rotatable bonds is 4. The molecule has 4 aromatic rings. The van der Waals surface area contributed by atoms with Crippen LogP contribution in [0.4, 0.5) is 0 Å². The minimum atomic E-state index is -4.34. The number of aromatic nitrogens is 3. The van der Waals surface area contributed by atoms with Crippen LogP contribution in [0.25, 0.3) is 27.5 Å². The molecule has 2 aromatic carbocycles. The van der Waals surface area contributed by atoms with Crippen LogP contribution in [0.5, 0.6) is 5.75 Å². The summed E-state index contributed by atoms with van der Waals surface area (Å²) in [6, 6.07) is 11.2. The van der Waals surface area contributed by atoms with Crippen molar-refractivity contribution in [2.75, 3.05) is 20.2 Å². The molecule has 1 aliphatic heterocycles. The molecule has 0 aliphatic carbocycles. The third-order valence-corrected chi connectivity index (χ3v) is 7.56. The van der Waals surface area contributed by atoms with Crippen LogP contribution in [0.3, 0.4) is 0 Å². The Labute approximate surface area is 204 Å². The molecule has 1 saturated heterocycles. The molecule has 1 N–H and O–H groups in total. The van der Waals surface area contributed by atoms with Crippen molar-refractivity contribution in [3.63, 3.8) is 0 Å². The van der Waals surface area contributed by atoms with E-state index in [4.69, 9.17) is 16.3 Å². The molecule has 0 amide bonds. The van der Waals surface area contributed by atoms with Crippen LogP contribution in [0.15, 0.2) is 58.3 Å². The van der Waals surface area contributed by atoms with Crippen molar-refractivity contribution in [1.29, 1.82) is 0 Å². The van der Waals surface area contributed by atoms with Gasteiger partial charge in [0.15, 0.2) is 0 Å². The molecule has 0 unspecified atom stereocenters. The molecule has 0 saturated carbocycles. The van der Waals surface area contributed by atoms with Gasteiger partial charge in [-0.2, -0.15) is 12.7 Å². The zero-order chi connectivity index (χ0) is 24.9. The second kappa shape index (κ2) is 8.76. The zero-order valence-electron chi connectivity index (χ0n) is 18.6. The maximum atomic E-state index is 13.9. The van der Waals surface area contributed by atoms with E-state index in [2.05, 4.69) is 4.98 Å². The fourth-order valence-electron chi connectivity index (χ4n) is 4.69. The van der Waals surface area contributed by atoms with Gasteiger partial charge in [0.2, 0.25) is 0 Å². The highest BCUT2D eigenvalue weighted by Gasteiger charge is 2.30. The van der Waals surface area contributed by atoms with Crippen molar-refractivity contribution in [2.24, 2.45) is 0 Å². The minimum Gasteiger partial charge on any atom is -0.494 e. The summed E-state index contributed by atoms with van der Waals surface area (Å²) in [4.78, 5) is 32.0. The van der Waals surface area contributed by atoms with Gasteiger partial charge in [-0.1, -0.05) is 29.8 Å². The van der Waals surface area contributed by atoms with E-state index in [1.54, 1.807) is 36.4 Å². The summed E-state index contributed by atoms with van der Waals surface area (Å²) in [6.45, 7) is 0.0557. The summed E-state index contributed by atoms with van der Waals surface area (Å²) in [7, 11) is -2.83. The largest absolute Gasteiger partial charge is 0.494 e. The summed E-state index contributed by atoms with van der Waals surface area (Å²) in [5.74, 6) is 0.489. The molecule has 0 bridgehead atoms. The predicted molar refractivity (Wildman–Crippen MR) is 132 cm³/mol. The van der Waals surface area contributed by atoms with Crippen LogP contribution in [-0.4, -0.2) is 51.6 Å². The lowest BCUT2D eigenvalue weighted by molar-refractivity contribution is 0.253. The Bertz CT molecular complexity index is 1690. The first-order chi connectivity index (χ1) is 16.7. The molecule has 12 heteroatoms. The molecule has 1 aliphatic rings. The summed E-state index contributed by atoms with van der Waals surface area (Å²) < 4.78 is 41.6. The van der Waals surface area contributed by atoms with Crippen LogP contribution in [0.2, 0.25) is 5.02 Å². The number of ether oxygens (including phenoxy) is 1. The first-order valence-electron chi connectivity index (χ1n) is 10.8. The molecular formula is C23H21ClN4O6S. The average Bonchev–Trinajstić information content (AvgIpc) is 2.83. The number of fused-ring (bicyclic) bond motifs is 3. The number of para-hydroxylation sites is 1. The van der Waals surface area contributed by atoms with E-state index < -0.39 is 27.6 Å². The second-order valence-electron chi connectivity index (χ2n) is 8.26. The van der Waals surface area contributed by atoms with Gasteiger partial charge in [-0.3, -0.25) is 18.9 Å². The fraction of sp³-hybridized carbons (Fsp3) is 0.261. The van der Waals surface area contributed by atoms with Gasteiger partial charge in [-0.05, 0) is 37.1 Å². The molecule has 1 fully saturated rings. The van der Waals surface area contributed by atoms with E-state index in [-0.39, 0.29) is 31.3 Å². The van der Waals surface area contributed by atoms with E-state index in [1.807, 2.05) is 0 Å². The molecule has 35 heavy (non-hydrogen) atoms. The maximum Gasteiger partial charge on any atom is 0.336 e. The first kappa shape index (κ1) is 23.5. The second-order valence-corrected chi connectivity index (χ2v) is 10.1. The lowest BCUT2D eigenvalue weighted by Crippen LogP contribution is -2.44. The van der Waals surface area contributed by atoms with E-state index in [9.17, 15) is 22.6 Å². The number of halogens is 1. The molecule has 3 heterocycles. The van der Waals surface area contributed by atoms with Crippen LogP contribution in [-0.2, 0) is 10.3 Å². The number of nitrogens with zero attached hydrogens (tertiary/aromatic N) is 4. The molecule has 10 nitrogen and oxygen atoms in total. The standard InChI is InChI=1S/C23H21ClN4O6S/c1-34-19-7-3-6-17-20(19)25-13-18-21(17)27(15-8-10-26(11-9-15)35(31,32)33)23(30)28(22(18)29)16-5-2-4-14(24)12-16/h2-7,12-13,15H,8-11H2,1H3,(H,31,32,33).